The summed E-state index contributed by atoms with van der Waals surface area (Å²) >= 11 is 0. The lowest BCUT2D eigenvalue weighted by atomic mass is 10.3. The van der Waals surface area contributed by atoms with Crippen LogP contribution in [0.2, 0.25) is 0 Å². The lowest BCUT2D eigenvalue weighted by molar-refractivity contribution is 1.24. The van der Waals surface area contributed by atoms with Gasteiger partial charge in [-0.3, -0.25) is 9.38 Å². The molecular weight excluding hydrogens is 224 g/mol. The van der Waals surface area contributed by atoms with Crippen molar-refractivity contribution in [3.05, 3.63) is 54.9 Å². The molecule has 4 heteroatoms. The summed E-state index contributed by atoms with van der Waals surface area (Å²) in [4.78, 5) is 12.2. The molecule has 4 rings (SSSR count). The van der Waals surface area contributed by atoms with Crippen LogP contribution in [-0.2, 0) is 0 Å². The molecule has 0 aliphatic carbocycles. The van der Waals surface area contributed by atoms with Crippen molar-refractivity contribution in [1.82, 2.24) is 19.4 Å². The fourth-order valence-corrected chi connectivity index (χ4v) is 2.20. The molecule has 0 bridgehead atoms. The third-order valence-electron chi connectivity index (χ3n) is 3.04. The van der Waals surface area contributed by atoms with E-state index in [4.69, 9.17) is 0 Å². The molecular formula is C14H10N4. The highest BCUT2D eigenvalue weighted by molar-refractivity contribution is 5.80. The van der Waals surface area contributed by atoms with Gasteiger partial charge in [0.1, 0.15) is 0 Å². The maximum Gasteiger partial charge on any atom is 0.212 e. The minimum atomic E-state index is 0.844. The largest absolute Gasteiger partial charge is 0.322 e. The summed E-state index contributed by atoms with van der Waals surface area (Å²) in [5.41, 5.74) is 4.00. The number of rotatable bonds is 1. The Morgan fingerprint density at radius 2 is 1.89 bits per heavy atom. The van der Waals surface area contributed by atoms with Gasteiger partial charge in [0.25, 0.3) is 0 Å². The molecule has 0 aliphatic heterocycles. The molecule has 0 fully saturated rings. The minimum absolute atomic E-state index is 0.844. The molecule has 0 atom stereocenters. The first-order valence-corrected chi connectivity index (χ1v) is 5.79. The molecule has 4 aromatic rings. The molecule has 1 aromatic carbocycles. The van der Waals surface area contributed by atoms with Crippen LogP contribution in [0.1, 0.15) is 0 Å². The monoisotopic (exact) mass is 234 g/mol. The van der Waals surface area contributed by atoms with Crippen molar-refractivity contribution in [3.8, 4) is 11.4 Å². The molecule has 0 amide bonds. The first-order chi connectivity index (χ1) is 8.92. The normalized spacial score (nSPS) is 11.3. The van der Waals surface area contributed by atoms with Crippen molar-refractivity contribution in [2.45, 2.75) is 0 Å². The van der Waals surface area contributed by atoms with Crippen LogP contribution >= 0.6 is 0 Å². The smallest absolute Gasteiger partial charge is 0.212 e. The van der Waals surface area contributed by atoms with Gasteiger partial charge in [0.05, 0.1) is 22.4 Å². The Hall–Kier alpha value is -2.62. The molecule has 0 radical (unpaired) electrons. The van der Waals surface area contributed by atoms with Gasteiger partial charge in [-0.2, -0.15) is 0 Å². The van der Waals surface area contributed by atoms with E-state index in [0.29, 0.717) is 0 Å². The van der Waals surface area contributed by atoms with Gasteiger partial charge < -0.3 is 4.98 Å². The second-order valence-corrected chi connectivity index (χ2v) is 4.18. The van der Waals surface area contributed by atoms with Gasteiger partial charge in [-0.15, -0.1) is 0 Å². The van der Waals surface area contributed by atoms with Crippen LogP contribution in [0.5, 0.6) is 0 Å². The van der Waals surface area contributed by atoms with Crippen LogP contribution in [0.25, 0.3) is 28.2 Å². The van der Waals surface area contributed by atoms with Crippen molar-refractivity contribution < 1.29 is 0 Å². The zero-order valence-electron chi connectivity index (χ0n) is 9.54. The number of benzene rings is 1. The van der Waals surface area contributed by atoms with Gasteiger partial charge in [0.2, 0.25) is 5.78 Å². The summed E-state index contributed by atoms with van der Waals surface area (Å²) in [6.45, 7) is 0. The highest BCUT2D eigenvalue weighted by atomic mass is 15.1. The minimum Gasteiger partial charge on any atom is -0.322 e. The summed E-state index contributed by atoms with van der Waals surface area (Å²) < 4.78 is 2.05. The Bertz CT molecular complexity index is 827. The van der Waals surface area contributed by atoms with Crippen LogP contribution in [0.15, 0.2) is 54.9 Å². The third-order valence-corrected chi connectivity index (χ3v) is 3.04. The predicted molar refractivity (Wildman–Crippen MR) is 70.3 cm³/mol. The average Bonchev–Trinajstić information content (AvgIpc) is 2.97. The van der Waals surface area contributed by atoms with Gasteiger partial charge in [-0.05, 0) is 24.3 Å². The molecule has 0 aliphatic rings. The molecule has 4 nitrogen and oxygen atoms in total. The van der Waals surface area contributed by atoms with Crippen LogP contribution < -0.4 is 0 Å². The molecule has 0 spiro atoms. The number of hydrogen-bond acceptors (Lipinski definition) is 2. The number of aromatic amines is 1. The fourth-order valence-electron chi connectivity index (χ4n) is 2.20. The number of aromatic nitrogens is 4. The molecule has 0 unspecified atom stereocenters. The Labute approximate surface area is 103 Å². The first kappa shape index (κ1) is 9.41. The number of fused-ring (bicyclic) bond motifs is 3. The number of nitrogens with zero attached hydrogens (tertiary/aromatic N) is 3. The maximum absolute atomic E-state index is 4.54. The molecule has 0 saturated heterocycles. The van der Waals surface area contributed by atoms with E-state index >= 15 is 0 Å². The quantitative estimate of drug-likeness (QED) is 0.550. The van der Waals surface area contributed by atoms with E-state index in [-0.39, 0.29) is 0 Å². The van der Waals surface area contributed by atoms with E-state index in [2.05, 4.69) is 25.4 Å². The second-order valence-electron chi connectivity index (χ2n) is 4.18. The summed E-state index contributed by atoms with van der Waals surface area (Å²) in [6, 6.07) is 13.9. The molecule has 3 aromatic heterocycles. The van der Waals surface area contributed by atoms with Gasteiger partial charge >= 0.3 is 0 Å². The standard InChI is InChI=1S/C14H10N4/c1-2-7-13-11(6-1)16-14-17-12(9-18(13)14)10-5-3-4-8-15-10/h1-9H,(H,16,17). The van der Waals surface area contributed by atoms with Crippen LogP contribution in [0.4, 0.5) is 0 Å². The summed E-state index contributed by atoms with van der Waals surface area (Å²) in [6.07, 6.45) is 3.82. The van der Waals surface area contributed by atoms with E-state index in [1.54, 1.807) is 6.20 Å². The Kier molecular flexibility index (Phi) is 1.80. The van der Waals surface area contributed by atoms with Crippen molar-refractivity contribution in [2.24, 2.45) is 0 Å². The predicted octanol–water partition coefficient (Wildman–Crippen LogP) is 2.88. The zero-order valence-corrected chi connectivity index (χ0v) is 9.54. The van der Waals surface area contributed by atoms with Crippen molar-refractivity contribution in [2.75, 3.05) is 0 Å². The Morgan fingerprint density at radius 3 is 2.78 bits per heavy atom. The van der Waals surface area contributed by atoms with Crippen molar-refractivity contribution in [1.29, 1.82) is 0 Å². The second kappa shape index (κ2) is 3.43. The van der Waals surface area contributed by atoms with Gasteiger partial charge in [0.15, 0.2) is 0 Å². The summed E-state index contributed by atoms with van der Waals surface area (Å²) in [7, 11) is 0. The first-order valence-electron chi connectivity index (χ1n) is 5.79. The van der Waals surface area contributed by atoms with E-state index in [0.717, 1.165) is 28.2 Å². The van der Waals surface area contributed by atoms with Crippen LogP contribution in [0, 0.1) is 0 Å². The molecule has 3 heterocycles. The number of imidazole rings is 2. The summed E-state index contributed by atoms with van der Waals surface area (Å²) in [5.74, 6) is 0.844. The third kappa shape index (κ3) is 1.26. The molecule has 86 valence electrons. The van der Waals surface area contributed by atoms with E-state index < -0.39 is 0 Å². The lowest BCUT2D eigenvalue weighted by Gasteiger charge is -1.94. The number of pyridine rings is 1. The topological polar surface area (TPSA) is 46.0 Å². The molecule has 0 saturated carbocycles. The SMILES string of the molecule is c1ccc(-c2cn3c(nc4ccccc43)[nH]2)nc1. The maximum atomic E-state index is 4.54. The van der Waals surface area contributed by atoms with Crippen molar-refractivity contribution in [3.63, 3.8) is 0 Å². The zero-order chi connectivity index (χ0) is 11.9. The van der Waals surface area contributed by atoms with Gasteiger partial charge in [-0.25, -0.2) is 4.98 Å². The van der Waals surface area contributed by atoms with E-state index in [9.17, 15) is 0 Å². The number of nitrogens with one attached hydrogen (secondary N) is 1. The Morgan fingerprint density at radius 1 is 1.00 bits per heavy atom. The van der Waals surface area contributed by atoms with E-state index in [1.807, 2.05) is 42.6 Å². The highest BCUT2D eigenvalue weighted by Gasteiger charge is 2.08. The average molecular weight is 234 g/mol. The number of hydrogen-bond donors (Lipinski definition) is 1. The summed E-state index contributed by atoms with van der Waals surface area (Å²) in [5, 5.41) is 0. The fraction of sp³-hybridized carbons (Fsp3) is 0. The number of H-pyrrole nitrogens is 1. The van der Waals surface area contributed by atoms with E-state index in [1.165, 1.54) is 0 Å². The molecule has 1 N–H and O–H groups in total. The van der Waals surface area contributed by atoms with Crippen molar-refractivity contribution >= 4 is 16.8 Å². The highest BCUT2D eigenvalue weighted by Crippen LogP contribution is 2.21. The van der Waals surface area contributed by atoms with Crippen LogP contribution in [-0.4, -0.2) is 19.4 Å². The van der Waals surface area contributed by atoms with Crippen LogP contribution in [0.3, 0.4) is 0 Å². The molecule has 18 heavy (non-hydrogen) atoms. The van der Waals surface area contributed by atoms with Gasteiger partial charge in [0, 0.05) is 12.4 Å². The van der Waals surface area contributed by atoms with Gasteiger partial charge in [-0.1, -0.05) is 18.2 Å². The Balaban J connectivity index is 2.00. The lowest BCUT2D eigenvalue weighted by Crippen LogP contribution is -1.81. The number of para-hydroxylation sites is 2.